The molecule has 172 valence electrons. The summed E-state index contributed by atoms with van der Waals surface area (Å²) >= 11 is 0. The number of hydroxylamine groups is 1. The van der Waals surface area contributed by atoms with Gasteiger partial charge in [0, 0.05) is 5.39 Å². The Kier molecular flexibility index (Phi) is 4.86. The molecule has 0 saturated carbocycles. The molecule has 2 aliphatic rings. The molecule has 6 rings (SSSR count). The number of imide groups is 1. The summed E-state index contributed by atoms with van der Waals surface area (Å²) in [6.45, 7) is 0. The first-order valence-electron chi connectivity index (χ1n) is 11.2. The molecule has 0 aliphatic carbocycles. The first-order valence-corrected chi connectivity index (χ1v) is 11.2. The van der Waals surface area contributed by atoms with Crippen LogP contribution in [0.1, 0.15) is 22.0 Å². The van der Waals surface area contributed by atoms with Gasteiger partial charge in [-0.15, -0.1) is 0 Å². The highest BCUT2D eigenvalue weighted by Crippen LogP contribution is 2.48. The zero-order chi connectivity index (χ0) is 24.1. The number of nitrogens with zero attached hydrogens (tertiary/aromatic N) is 2. The van der Waals surface area contributed by atoms with Gasteiger partial charge in [0.25, 0.3) is 5.91 Å². The lowest BCUT2D eigenvalue weighted by Crippen LogP contribution is -2.37. The SMILES string of the molecule is O=C(O)c1ccccc1[C@@H]1[C@@H]2C(=O)N(c3cccc4ccccc34)C(=O)[C@H]2ON1c1ccccc1. The summed E-state index contributed by atoms with van der Waals surface area (Å²) in [6, 6.07) is 27.8. The average Bonchev–Trinajstić information content (AvgIpc) is 3.40. The summed E-state index contributed by atoms with van der Waals surface area (Å²) in [7, 11) is 0. The number of carbonyl (C=O) groups excluding carboxylic acids is 2. The zero-order valence-electron chi connectivity index (χ0n) is 18.4. The number of carboxylic acid groups (broad SMARTS) is 1. The molecule has 2 aliphatic heterocycles. The second kappa shape index (κ2) is 8.07. The molecule has 2 saturated heterocycles. The second-order valence-corrected chi connectivity index (χ2v) is 8.56. The van der Waals surface area contributed by atoms with Gasteiger partial charge in [-0.1, -0.05) is 72.8 Å². The molecule has 0 aromatic heterocycles. The molecule has 3 atom stereocenters. The number of carbonyl (C=O) groups is 3. The third-order valence-electron chi connectivity index (χ3n) is 6.64. The molecule has 4 aromatic carbocycles. The van der Waals surface area contributed by atoms with Crippen LogP contribution in [0.25, 0.3) is 10.8 Å². The summed E-state index contributed by atoms with van der Waals surface area (Å²) in [5.41, 5.74) is 1.60. The fourth-order valence-corrected chi connectivity index (χ4v) is 5.12. The predicted molar refractivity (Wildman–Crippen MR) is 130 cm³/mol. The molecule has 7 heteroatoms. The number of hydrogen-bond donors (Lipinski definition) is 1. The molecule has 0 unspecified atom stereocenters. The molecular formula is C28H20N2O5. The molecule has 2 fully saturated rings. The zero-order valence-corrected chi connectivity index (χ0v) is 18.4. The van der Waals surface area contributed by atoms with Crippen LogP contribution in [-0.2, 0) is 14.4 Å². The van der Waals surface area contributed by atoms with E-state index >= 15 is 0 Å². The number of hydrogen-bond acceptors (Lipinski definition) is 5. The van der Waals surface area contributed by atoms with E-state index in [9.17, 15) is 19.5 Å². The van der Waals surface area contributed by atoms with Crippen molar-refractivity contribution < 1.29 is 24.3 Å². The second-order valence-electron chi connectivity index (χ2n) is 8.56. The Labute approximate surface area is 200 Å². The van der Waals surface area contributed by atoms with E-state index in [2.05, 4.69) is 0 Å². The minimum absolute atomic E-state index is 0.0616. The van der Waals surface area contributed by atoms with E-state index in [-0.39, 0.29) is 5.56 Å². The summed E-state index contributed by atoms with van der Waals surface area (Å²) in [5.74, 6) is -2.91. The number of amides is 2. The van der Waals surface area contributed by atoms with E-state index in [4.69, 9.17) is 4.84 Å². The van der Waals surface area contributed by atoms with Crippen molar-refractivity contribution in [3.05, 3.63) is 108 Å². The molecular weight excluding hydrogens is 444 g/mol. The van der Waals surface area contributed by atoms with Crippen molar-refractivity contribution in [1.82, 2.24) is 0 Å². The number of benzene rings is 4. The van der Waals surface area contributed by atoms with Gasteiger partial charge in [0.05, 0.1) is 23.0 Å². The maximum absolute atomic E-state index is 13.9. The Morgan fingerprint density at radius 2 is 1.46 bits per heavy atom. The van der Waals surface area contributed by atoms with Crippen LogP contribution in [0.4, 0.5) is 11.4 Å². The lowest BCUT2D eigenvalue weighted by atomic mass is 9.88. The Bertz CT molecular complexity index is 1480. The molecule has 7 nitrogen and oxygen atoms in total. The Morgan fingerprint density at radius 3 is 2.26 bits per heavy atom. The number of aromatic carboxylic acids is 1. The summed E-state index contributed by atoms with van der Waals surface area (Å²) in [6.07, 6.45) is -1.08. The van der Waals surface area contributed by atoms with Crippen LogP contribution in [-0.4, -0.2) is 29.0 Å². The molecule has 2 amide bonds. The van der Waals surface area contributed by atoms with Gasteiger partial charge in [0.1, 0.15) is 5.92 Å². The number of anilines is 2. The van der Waals surface area contributed by atoms with E-state index < -0.39 is 35.8 Å². The van der Waals surface area contributed by atoms with Crippen molar-refractivity contribution in [2.24, 2.45) is 5.92 Å². The van der Waals surface area contributed by atoms with E-state index in [1.807, 2.05) is 48.5 Å². The van der Waals surface area contributed by atoms with Gasteiger partial charge in [-0.3, -0.25) is 14.4 Å². The lowest BCUT2D eigenvalue weighted by molar-refractivity contribution is -0.126. The fourth-order valence-electron chi connectivity index (χ4n) is 5.12. The molecule has 0 radical (unpaired) electrons. The molecule has 0 spiro atoms. The quantitative estimate of drug-likeness (QED) is 0.445. The highest BCUT2D eigenvalue weighted by Gasteiger charge is 2.60. The molecule has 35 heavy (non-hydrogen) atoms. The Morgan fingerprint density at radius 1 is 0.771 bits per heavy atom. The Hall–Kier alpha value is -4.49. The monoisotopic (exact) mass is 464 g/mol. The van der Waals surface area contributed by atoms with Gasteiger partial charge < -0.3 is 5.11 Å². The van der Waals surface area contributed by atoms with Crippen LogP contribution in [0.5, 0.6) is 0 Å². The van der Waals surface area contributed by atoms with Crippen molar-refractivity contribution in [2.45, 2.75) is 12.1 Å². The standard InChI is InChI=1S/C28H20N2O5/c31-26-23-24(20-14-6-7-15-21(20)28(33)34)30(18-11-2-1-3-12-18)35-25(23)27(32)29(26)22-16-8-10-17-9-4-5-13-19(17)22/h1-16,23-25H,(H,33,34)/t23-,24+,25-/m0/s1. The number of para-hydroxylation sites is 1. The first kappa shape index (κ1) is 21.1. The van der Waals surface area contributed by atoms with E-state index in [1.54, 1.807) is 42.5 Å². The maximum Gasteiger partial charge on any atom is 0.336 e. The van der Waals surface area contributed by atoms with E-state index in [1.165, 1.54) is 16.0 Å². The smallest absolute Gasteiger partial charge is 0.336 e. The summed E-state index contributed by atoms with van der Waals surface area (Å²) in [5, 5.41) is 13.1. The molecule has 2 heterocycles. The minimum atomic E-state index is -1.11. The van der Waals surface area contributed by atoms with Gasteiger partial charge in [0.15, 0.2) is 6.10 Å². The Balaban J connectivity index is 1.50. The third kappa shape index (κ3) is 3.20. The number of carboxylic acids is 1. The lowest BCUT2D eigenvalue weighted by Gasteiger charge is -2.29. The van der Waals surface area contributed by atoms with Crippen LogP contribution >= 0.6 is 0 Å². The van der Waals surface area contributed by atoms with Crippen LogP contribution in [0, 0.1) is 5.92 Å². The molecule has 4 aromatic rings. The third-order valence-corrected chi connectivity index (χ3v) is 6.64. The summed E-state index contributed by atoms with van der Waals surface area (Å²) < 4.78 is 0. The van der Waals surface area contributed by atoms with Crippen LogP contribution in [0.3, 0.4) is 0 Å². The van der Waals surface area contributed by atoms with Crippen LogP contribution in [0.15, 0.2) is 97.1 Å². The van der Waals surface area contributed by atoms with Crippen molar-refractivity contribution in [2.75, 3.05) is 9.96 Å². The normalized spacial score (nSPS) is 21.5. The topological polar surface area (TPSA) is 87.2 Å². The molecule has 0 bridgehead atoms. The first-order chi connectivity index (χ1) is 17.1. The van der Waals surface area contributed by atoms with Gasteiger partial charge in [-0.05, 0) is 35.2 Å². The maximum atomic E-state index is 13.9. The highest BCUT2D eigenvalue weighted by molar-refractivity contribution is 6.26. The highest BCUT2D eigenvalue weighted by atomic mass is 16.7. The van der Waals surface area contributed by atoms with Gasteiger partial charge >= 0.3 is 5.97 Å². The van der Waals surface area contributed by atoms with Gasteiger partial charge in [-0.25, -0.2) is 14.8 Å². The molecule has 1 N–H and O–H groups in total. The predicted octanol–water partition coefficient (Wildman–Crippen LogP) is 4.59. The van der Waals surface area contributed by atoms with Crippen molar-refractivity contribution in [3.8, 4) is 0 Å². The summed E-state index contributed by atoms with van der Waals surface area (Å²) in [4.78, 5) is 47.0. The van der Waals surface area contributed by atoms with Crippen LogP contribution in [0.2, 0.25) is 0 Å². The van der Waals surface area contributed by atoms with Gasteiger partial charge in [0.2, 0.25) is 5.91 Å². The number of rotatable bonds is 4. The van der Waals surface area contributed by atoms with E-state index in [0.717, 1.165) is 10.8 Å². The van der Waals surface area contributed by atoms with E-state index in [0.29, 0.717) is 16.9 Å². The van der Waals surface area contributed by atoms with Crippen molar-refractivity contribution >= 4 is 39.9 Å². The van der Waals surface area contributed by atoms with Gasteiger partial charge in [-0.2, -0.15) is 0 Å². The largest absolute Gasteiger partial charge is 0.478 e. The minimum Gasteiger partial charge on any atom is -0.478 e. The van der Waals surface area contributed by atoms with Crippen molar-refractivity contribution in [1.29, 1.82) is 0 Å². The number of fused-ring (bicyclic) bond motifs is 2. The van der Waals surface area contributed by atoms with Crippen molar-refractivity contribution in [3.63, 3.8) is 0 Å². The average molecular weight is 464 g/mol. The van der Waals surface area contributed by atoms with Crippen LogP contribution < -0.4 is 9.96 Å². The fraction of sp³-hybridized carbons (Fsp3) is 0.107.